The normalized spacial score (nSPS) is 19.3. The van der Waals surface area contributed by atoms with Crippen molar-refractivity contribution in [2.75, 3.05) is 49.6 Å². The number of rotatable bonds is 11. The number of nitrogens with one attached hydrogen (secondary N) is 3. The van der Waals surface area contributed by atoms with E-state index in [2.05, 4.69) is 42.7 Å². The van der Waals surface area contributed by atoms with Gasteiger partial charge in [-0.15, -0.1) is 22.0 Å². The lowest BCUT2D eigenvalue weighted by Gasteiger charge is -2.49. The second-order valence-corrected chi connectivity index (χ2v) is 16.3. The molecule has 1 unspecified atom stereocenters. The monoisotopic (exact) mass is 772 g/mol. The van der Waals surface area contributed by atoms with Gasteiger partial charge in [-0.1, -0.05) is 65.6 Å². The number of carboxylic acids is 1. The Labute approximate surface area is 317 Å². The molecule has 3 aliphatic heterocycles. The minimum Gasteiger partial charge on any atom is -0.477 e. The number of anilines is 1. The number of H-pyrrole nitrogens is 1. The molecule has 17 heteroatoms. The number of piperazine rings is 1. The largest absolute Gasteiger partial charge is 0.477 e. The number of β-lactam (4-membered cyclic amide) rings is 1. The van der Waals surface area contributed by atoms with Crippen LogP contribution in [0.15, 0.2) is 87.1 Å². The molecule has 3 aliphatic rings. The van der Waals surface area contributed by atoms with Crippen molar-refractivity contribution < 1.29 is 24.3 Å². The molecule has 0 radical (unpaired) electrons. The maximum atomic E-state index is 13.8. The highest BCUT2D eigenvalue weighted by atomic mass is 32.2. The maximum Gasteiger partial charge on any atom is 0.352 e. The molecule has 53 heavy (non-hydrogen) atoms. The molecular weight excluding hydrogens is 737 g/mol. The van der Waals surface area contributed by atoms with Crippen molar-refractivity contribution >= 4 is 64.2 Å². The van der Waals surface area contributed by atoms with Gasteiger partial charge in [-0.2, -0.15) is 0 Å². The second-order valence-electron chi connectivity index (χ2n) is 12.8. The first-order valence-corrected chi connectivity index (χ1v) is 19.7. The number of carbonyl (C=O) groups excluding carboxylic acids is 3. The Kier molecular flexibility index (Phi) is 10.7. The number of aromatic nitrogens is 3. The van der Waals surface area contributed by atoms with E-state index in [4.69, 9.17) is 0 Å². The molecule has 5 heterocycles. The van der Waals surface area contributed by atoms with Crippen LogP contribution in [-0.4, -0.2) is 110 Å². The number of hydrogen-bond acceptors (Lipinski definition) is 12. The van der Waals surface area contributed by atoms with Crippen LogP contribution in [0, 0.1) is 6.92 Å². The fourth-order valence-electron chi connectivity index (χ4n) is 6.41. The van der Waals surface area contributed by atoms with E-state index in [9.17, 15) is 29.1 Å². The third-order valence-corrected chi connectivity index (χ3v) is 12.7. The molecule has 4 aromatic rings. The number of aryl methyl sites for hydroxylation is 1. The smallest absolute Gasteiger partial charge is 0.352 e. The van der Waals surface area contributed by atoms with Gasteiger partial charge in [0.2, 0.25) is 5.91 Å². The Morgan fingerprint density at radius 3 is 2.40 bits per heavy atom. The first-order valence-electron chi connectivity index (χ1n) is 16.8. The summed E-state index contributed by atoms with van der Waals surface area (Å²) in [5.74, 6) is -2.59. The lowest BCUT2D eigenvalue weighted by atomic mass is 10.0. The van der Waals surface area contributed by atoms with Gasteiger partial charge in [0, 0.05) is 49.1 Å². The number of aromatic amines is 1. The Balaban J connectivity index is 1.04. The highest BCUT2D eigenvalue weighted by molar-refractivity contribution is 8.01. The Bertz CT molecular complexity index is 2130. The number of aliphatic carboxylic acids is 1. The Morgan fingerprint density at radius 2 is 1.74 bits per heavy atom. The van der Waals surface area contributed by atoms with Gasteiger partial charge < -0.3 is 30.5 Å². The summed E-state index contributed by atoms with van der Waals surface area (Å²) in [4.78, 5) is 74.9. The zero-order valence-electron chi connectivity index (χ0n) is 28.8. The highest BCUT2D eigenvalue weighted by Gasteiger charge is 2.54. The van der Waals surface area contributed by atoms with E-state index in [1.165, 1.54) is 45.8 Å². The summed E-state index contributed by atoms with van der Waals surface area (Å²) in [6, 6.07) is 17.2. The number of fused-ring (bicyclic) bond motifs is 1. The summed E-state index contributed by atoms with van der Waals surface area (Å²) in [6.07, 6.45) is 0. The van der Waals surface area contributed by atoms with Gasteiger partial charge >= 0.3 is 5.97 Å². The van der Waals surface area contributed by atoms with Gasteiger partial charge in [0.05, 0.1) is 0 Å². The summed E-state index contributed by atoms with van der Waals surface area (Å²) in [6.45, 7) is 5.67. The minimum absolute atomic E-state index is 0.0976. The molecule has 2 fully saturated rings. The average Bonchev–Trinajstić information content (AvgIpc) is 3.59. The minimum atomic E-state index is -1.25. The fraction of sp³-hybridized carbons (Fsp3) is 0.306. The van der Waals surface area contributed by atoms with Crippen LogP contribution >= 0.6 is 34.9 Å². The summed E-state index contributed by atoms with van der Waals surface area (Å²) in [7, 11) is 2.11. The molecule has 0 aliphatic carbocycles. The number of pyridine rings is 1. The van der Waals surface area contributed by atoms with Crippen LogP contribution in [0.25, 0.3) is 11.3 Å². The van der Waals surface area contributed by atoms with Gasteiger partial charge in [0.15, 0.2) is 4.34 Å². The summed E-state index contributed by atoms with van der Waals surface area (Å²) >= 11 is 4.11. The summed E-state index contributed by atoms with van der Waals surface area (Å²) in [5.41, 5.74) is 2.53. The summed E-state index contributed by atoms with van der Waals surface area (Å²) in [5, 5.41) is 23.7. The molecule has 3 amide bonds. The number of benzene rings is 2. The topological polar surface area (TPSA) is 181 Å². The van der Waals surface area contributed by atoms with Gasteiger partial charge in [-0.05, 0) is 54.9 Å². The van der Waals surface area contributed by atoms with Crippen LogP contribution in [-0.2, 0) is 14.4 Å². The third kappa shape index (κ3) is 7.74. The van der Waals surface area contributed by atoms with Crippen LogP contribution in [0.2, 0.25) is 0 Å². The molecule has 7 rings (SSSR count). The SMILES string of the molecule is Cc1nnc(SCC2=C(C(=O)O)N3C(=O)C(NC(=O)[C@H](NC(=O)c4ccc(-c5ccc(N6CCN(C)CC6)cc5)[nH]c4=O)c4ccccc4)[C@H]3SC2)s1. The van der Waals surface area contributed by atoms with Crippen molar-refractivity contribution in [3.05, 3.63) is 104 Å². The number of carboxylic acid groups (broad SMARTS) is 1. The third-order valence-electron chi connectivity index (χ3n) is 9.30. The van der Waals surface area contributed by atoms with Gasteiger partial charge in [-0.25, -0.2) is 4.79 Å². The predicted octanol–water partition coefficient (Wildman–Crippen LogP) is 2.96. The molecule has 3 atom stereocenters. The zero-order valence-corrected chi connectivity index (χ0v) is 31.2. The van der Waals surface area contributed by atoms with E-state index < -0.39 is 46.7 Å². The predicted molar refractivity (Wildman–Crippen MR) is 204 cm³/mol. The number of nitrogens with zero attached hydrogens (tertiary/aromatic N) is 5. The number of likely N-dealkylation sites (N-methyl/N-ethyl adjacent to an activating group) is 1. The van der Waals surface area contributed by atoms with Crippen molar-refractivity contribution in [3.63, 3.8) is 0 Å². The Hall–Kier alpha value is -4.97. The van der Waals surface area contributed by atoms with Crippen LogP contribution in [0.4, 0.5) is 5.69 Å². The number of amides is 3. The van der Waals surface area contributed by atoms with Gasteiger partial charge in [0.1, 0.15) is 33.7 Å². The van der Waals surface area contributed by atoms with Crippen molar-refractivity contribution in [1.29, 1.82) is 0 Å². The molecule has 14 nitrogen and oxygen atoms in total. The highest BCUT2D eigenvalue weighted by Crippen LogP contribution is 2.42. The number of hydrogen-bond donors (Lipinski definition) is 4. The standard InChI is InChI=1S/C36H36N8O6S3/c1-20-40-41-36(53-20)52-19-23-18-51-34-28(33(48)44(34)29(23)35(49)50)39-32(47)27(22-6-4-3-5-7-22)38-31(46)25-12-13-26(37-30(25)45)21-8-10-24(11-9-21)43-16-14-42(2)15-17-43/h3-13,27-28,34H,14-19H2,1-2H3,(H,37,45)(H,38,46)(H,39,47)(H,49,50)/t27-,28?,34-/m1/s1. The molecule has 274 valence electrons. The zero-order chi connectivity index (χ0) is 37.2. The van der Waals surface area contributed by atoms with E-state index >= 15 is 0 Å². The molecule has 2 aromatic carbocycles. The average molecular weight is 773 g/mol. The molecule has 0 bridgehead atoms. The summed E-state index contributed by atoms with van der Waals surface area (Å²) < 4.78 is 0.699. The maximum absolute atomic E-state index is 13.8. The number of thioether (sulfide) groups is 2. The van der Waals surface area contributed by atoms with Crippen LogP contribution in [0.5, 0.6) is 0 Å². The molecule has 4 N–H and O–H groups in total. The lowest BCUT2D eigenvalue weighted by molar-refractivity contribution is -0.151. The van der Waals surface area contributed by atoms with E-state index in [0.29, 0.717) is 32.7 Å². The van der Waals surface area contributed by atoms with Crippen molar-refractivity contribution in [1.82, 2.24) is 35.6 Å². The van der Waals surface area contributed by atoms with Crippen molar-refractivity contribution in [3.8, 4) is 11.3 Å². The van der Waals surface area contributed by atoms with E-state index in [0.717, 1.165) is 42.4 Å². The molecule has 2 saturated heterocycles. The first-order chi connectivity index (χ1) is 25.6. The van der Waals surface area contributed by atoms with Gasteiger partial charge in [0.25, 0.3) is 17.4 Å². The quantitative estimate of drug-likeness (QED) is 0.130. The molecular formula is C36H36N8O6S3. The number of carbonyl (C=O) groups is 4. The molecule has 0 spiro atoms. The van der Waals surface area contributed by atoms with Crippen molar-refractivity contribution in [2.45, 2.75) is 28.7 Å². The molecule has 0 saturated carbocycles. The Morgan fingerprint density at radius 1 is 1.00 bits per heavy atom. The van der Waals surface area contributed by atoms with E-state index in [-0.39, 0.29) is 11.3 Å². The van der Waals surface area contributed by atoms with Crippen molar-refractivity contribution in [2.24, 2.45) is 0 Å². The molecule has 2 aromatic heterocycles. The van der Waals surface area contributed by atoms with E-state index in [1.54, 1.807) is 36.4 Å². The fourth-order valence-corrected chi connectivity index (χ4v) is 9.71. The van der Waals surface area contributed by atoms with Crippen LogP contribution in [0.3, 0.4) is 0 Å². The van der Waals surface area contributed by atoms with E-state index in [1.807, 2.05) is 31.2 Å². The lowest BCUT2D eigenvalue weighted by Crippen LogP contribution is -2.71. The first kappa shape index (κ1) is 36.4. The van der Waals surface area contributed by atoms with Crippen LogP contribution in [0.1, 0.15) is 27.0 Å². The van der Waals surface area contributed by atoms with Gasteiger partial charge in [-0.3, -0.25) is 24.1 Å². The second kappa shape index (κ2) is 15.6. The van der Waals surface area contributed by atoms with Crippen LogP contribution < -0.4 is 21.1 Å².